The molecule has 0 radical (unpaired) electrons. The first-order valence-corrected chi connectivity index (χ1v) is 7.21. The van der Waals surface area contributed by atoms with Crippen LogP contribution in [0.15, 0.2) is 24.3 Å². The molecule has 8 heteroatoms. The maximum absolute atomic E-state index is 12.1. The summed E-state index contributed by atoms with van der Waals surface area (Å²) in [6.07, 6.45) is -1.59. The molecule has 0 aliphatic heterocycles. The summed E-state index contributed by atoms with van der Waals surface area (Å²) in [6.45, 7) is 0.550. The minimum atomic E-state index is -4.71. The smallest absolute Gasteiger partial charge is 0.406 e. The van der Waals surface area contributed by atoms with Gasteiger partial charge in [-0.1, -0.05) is 18.6 Å². The van der Waals surface area contributed by atoms with Crippen molar-refractivity contribution < 1.29 is 22.7 Å². The van der Waals surface area contributed by atoms with Gasteiger partial charge in [0, 0.05) is 6.04 Å². The quantitative estimate of drug-likeness (QED) is 0.856. The van der Waals surface area contributed by atoms with Gasteiger partial charge < -0.3 is 15.8 Å². The number of nitrogens with one attached hydrogen (secondary N) is 1. The molecule has 0 heterocycles. The van der Waals surface area contributed by atoms with Gasteiger partial charge in [0.2, 0.25) is 5.91 Å². The van der Waals surface area contributed by atoms with E-state index in [0.29, 0.717) is 18.0 Å². The molecule has 23 heavy (non-hydrogen) atoms. The van der Waals surface area contributed by atoms with Gasteiger partial charge in [0.05, 0.1) is 6.42 Å². The van der Waals surface area contributed by atoms with Crippen LogP contribution in [0, 0.1) is 5.92 Å². The highest BCUT2D eigenvalue weighted by molar-refractivity contribution is 5.85. The second-order valence-electron chi connectivity index (χ2n) is 5.47. The molecule has 130 valence electrons. The molecule has 3 N–H and O–H groups in total. The standard InChI is InChI=1S/C15H19F3N2O2.ClH/c16-15(17,18)22-12-6-4-10(5-7-12)8-14(21)20-13-3-1-2-11(13)9-19;/h4-7,11,13H,1-3,8-9,19H2,(H,20,21);1H. The molecule has 4 nitrogen and oxygen atoms in total. The van der Waals surface area contributed by atoms with Gasteiger partial charge in [-0.25, -0.2) is 0 Å². The number of carbonyl (C=O) groups excluding carboxylic acids is 1. The van der Waals surface area contributed by atoms with Gasteiger partial charge in [0.1, 0.15) is 5.75 Å². The van der Waals surface area contributed by atoms with Crippen LogP contribution in [0.5, 0.6) is 5.75 Å². The lowest BCUT2D eigenvalue weighted by atomic mass is 10.0. The van der Waals surface area contributed by atoms with Gasteiger partial charge in [-0.2, -0.15) is 0 Å². The van der Waals surface area contributed by atoms with Crippen molar-refractivity contribution in [1.82, 2.24) is 5.32 Å². The van der Waals surface area contributed by atoms with E-state index in [1.54, 1.807) is 0 Å². The lowest BCUT2D eigenvalue weighted by Crippen LogP contribution is -2.40. The molecule has 1 amide bonds. The number of hydrogen-bond acceptors (Lipinski definition) is 3. The minimum Gasteiger partial charge on any atom is -0.406 e. The molecule has 0 bridgehead atoms. The molecular weight excluding hydrogens is 333 g/mol. The number of benzene rings is 1. The normalized spacial score (nSPS) is 20.7. The van der Waals surface area contributed by atoms with Crippen LogP contribution in [0.4, 0.5) is 13.2 Å². The molecule has 1 aliphatic carbocycles. The third-order valence-electron chi connectivity index (χ3n) is 3.83. The Hall–Kier alpha value is -1.47. The van der Waals surface area contributed by atoms with E-state index in [2.05, 4.69) is 10.1 Å². The summed E-state index contributed by atoms with van der Waals surface area (Å²) >= 11 is 0. The fraction of sp³-hybridized carbons (Fsp3) is 0.533. The van der Waals surface area contributed by atoms with Crippen molar-refractivity contribution in [2.24, 2.45) is 11.7 Å². The van der Waals surface area contributed by atoms with E-state index >= 15 is 0 Å². The van der Waals surface area contributed by atoms with Crippen LogP contribution >= 0.6 is 12.4 Å². The first-order chi connectivity index (χ1) is 10.4. The number of hydrogen-bond donors (Lipinski definition) is 2. The lowest BCUT2D eigenvalue weighted by molar-refractivity contribution is -0.274. The Labute approximate surface area is 139 Å². The Bertz CT molecular complexity index is 508. The Morgan fingerprint density at radius 3 is 2.48 bits per heavy atom. The first-order valence-electron chi connectivity index (χ1n) is 7.21. The molecule has 0 saturated heterocycles. The van der Waals surface area contributed by atoms with Gasteiger partial charge in [-0.15, -0.1) is 25.6 Å². The van der Waals surface area contributed by atoms with Gasteiger partial charge in [0.15, 0.2) is 0 Å². The van der Waals surface area contributed by atoms with Gasteiger partial charge in [-0.3, -0.25) is 4.79 Å². The maximum Gasteiger partial charge on any atom is 0.573 e. The van der Waals surface area contributed by atoms with Crippen LogP contribution in [0.2, 0.25) is 0 Å². The van der Waals surface area contributed by atoms with E-state index in [9.17, 15) is 18.0 Å². The molecule has 1 fully saturated rings. The molecule has 2 atom stereocenters. The molecule has 2 rings (SSSR count). The second kappa shape index (κ2) is 8.40. The predicted molar refractivity (Wildman–Crippen MR) is 82.4 cm³/mol. The van der Waals surface area contributed by atoms with Crippen LogP contribution in [0.1, 0.15) is 24.8 Å². The van der Waals surface area contributed by atoms with E-state index in [0.717, 1.165) is 19.3 Å². The summed E-state index contributed by atoms with van der Waals surface area (Å²) in [5, 5.41) is 2.95. The van der Waals surface area contributed by atoms with Crippen LogP contribution in [-0.2, 0) is 11.2 Å². The SMILES string of the molecule is Cl.NCC1CCCC1NC(=O)Cc1ccc(OC(F)(F)F)cc1. The molecular formula is C15H20ClF3N2O2. The summed E-state index contributed by atoms with van der Waals surface area (Å²) in [4.78, 5) is 12.0. The maximum atomic E-state index is 12.1. The summed E-state index contributed by atoms with van der Waals surface area (Å²) in [5.74, 6) is -0.128. The van der Waals surface area contributed by atoms with Crippen molar-refractivity contribution in [2.75, 3.05) is 6.54 Å². The molecule has 0 aromatic heterocycles. The zero-order chi connectivity index (χ0) is 16.2. The van der Waals surface area contributed by atoms with Crippen molar-refractivity contribution in [1.29, 1.82) is 0 Å². The van der Waals surface area contributed by atoms with E-state index in [4.69, 9.17) is 5.73 Å². The van der Waals surface area contributed by atoms with Crippen molar-refractivity contribution in [2.45, 2.75) is 38.1 Å². The van der Waals surface area contributed by atoms with Crippen LogP contribution < -0.4 is 15.8 Å². The Morgan fingerprint density at radius 2 is 1.91 bits per heavy atom. The van der Waals surface area contributed by atoms with Crippen molar-refractivity contribution >= 4 is 18.3 Å². The van der Waals surface area contributed by atoms with Crippen molar-refractivity contribution in [3.05, 3.63) is 29.8 Å². The van der Waals surface area contributed by atoms with Gasteiger partial charge in [-0.05, 0) is 43.0 Å². The number of halogens is 4. The van der Waals surface area contributed by atoms with Gasteiger partial charge >= 0.3 is 6.36 Å². The largest absolute Gasteiger partial charge is 0.573 e. The monoisotopic (exact) mass is 352 g/mol. The fourth-order valence-corrected chi connectivity index (χ4v) is 2.76. The summed E-state index contributed by atoms with van der Waals surface area (Å²) in [6, 6.07) is 5.42. The number of nitrogens with two attached hydrogens (primary N) is 1. The zero-order valence-corrected chi connectivity index (χ0v) is 13.3. The highest BCUT2D eigenvalue weighted by atomic mass is 35.5. The van der Waals surface area contributed by atoms with E-state index < -0.39 is 6.36 Å². The number of carbonyl (C=O) groups is 1. The predicted octanol–water partition coefficient (Wildman–Crippen LogP) is 2.79. The molecule has 1 aromatic rings. The summed E-state index contributed by atoms with van der Waals surface area (Å²) in [7, 11) is 0. The number of amides is 1. The number of alkyl halides is 3. The summed E-state index contributed by atoms with van der Waals surface area (Å²) < 4.78 is 39.9. The minimum absolute atomic E-state index is 0. The zero-order valence-electron chi connectivity index (χ0n) is 12.4. The van der Waals surface area contributed by atoms with Crippen LogP contribution in [0.3, 0.4) is 0 Å². The highest BCUT2D eigenvalue weighted by Gasteiger charge is 2.31. The number of ether oxygens (including phenoxy) is 1. The van der Waals surface area contributed by atoms with Crippen LogP contribution in [0.25, 0.3) is 0 Å². The third-order valence-corrected chi connectivity index (χ3v) is 3.83. The second-order valence-corrected chi connectivity index (χ2v) is 5.47. The molecule has 0 spiro atoms. The molecule has 1 saturated carbocycles. The van der Waals surface area contributed by atoms with Gasteiger partial charge in [0.25, 0.3) is 0 Å². The Balaban J connectivity index is 0.00000264. The Morgan fingerprint density at radius 1 is 1.26 bits per heavy atom. The average Bonchev–Trinajstić information content (AvgIpc) is 2.86. The van der Waals surface area contributed by atoms with Crippen LogP contribution in [-0.4, -0.2) is 24.9 Å². The number of rotatable bonds is 5. The lowest BCUT2D eigenvalue weighted by Gasteiger charge is -2.19. The average molecular weight is 353 g/mol. The summed E-state index contributed by atoms with van der Waals surface area (Å²) in [5.41, 5.74) is 6.30. The molecule has 1 aromatic carbocycles. The highest BCUT2D eigenvalue weighted by Crippen LogP contribution is 2.25. The molecule has 2 unspecified atom stereocenters. The van der Waals surface area contributed by atoms with E-state index in [1.165, 1.54) is 24.3 Å². The third kappa shape index (κ3) is 6.27. The topological polar surface area (TPSA) is 64.3 Å². The molecule has 1 aliphatic rings. The first kappa shape index (κ1) is 19.6. The van der Waals surface area contributed by atoms with E-state index in [-0.39, 0.29) is 36.5 Å². The Kier molecular flexibility index (Phi) is 7.15. The van der Waals surface area contributed by atoms with Crippen molar-refractivity contribution in [3.63, 3.8) is 0 Å². The van der Waals surface area contributed by atoms with E-state index in [1.807, 2.05) is 0 Å². The van der Waals surface area contributed by atoms with Crippen molar-refractivity contribution in [3.8, 4) is 5.75 Å². The fourth-order valence-electron chi connectivity index (χ4n) is 2.76.